The highest BCUT2D eigenvalue weighted by Gasteiger charge is 2.28. The van der Waals surface area contributed by atoms with Gasteiger partial charge in [0.1, 0.15) is 5.75 Å². The first-order valence-corrected chi connectivity index (χ1v) is 15.0. The molecule has 3 nitrogen and oxygen atoms in total. The van der Waals surface area contributed by atoms with Crippen LogP contribution < -0.4 is 0 Å². The molecule has 3 heteroatoms. The van der Waals surface area contributed by atoms with Gasteiger partial charge in [0, 0.05) is 11.1 Å². The van der Waals surface area contributed by atoms with E-state index in [0.717, 1.165) is 24.0 Å². The third-order valence-corrected chi connectivity index (χ3v) is 7.19. The lowest BCUT2D eigenvalue weighted by atomic mass is 9.78. The first-order valence-electron chi connectivity index (χ1n) is 15.0. The third-order valence-electron chi connectivity index (χ3n) is 7.19. The molecule has 0 radical (unpaired) electrons. The topological polar surface area (TPSA) is 46.5 Å². The number of rotatable bonds is 18. The molecule has 0 heterocycles. The molecule has 0 aromatic heterocycles. The van der Waals surface area contributed by atoms with E-state index in [1.165, 1.54) is 89.9 Å². The van der Waals surface area contributed by atoms with Crippen molar-refractivity contribution < 1.29 is 14.6 Å². The Labute approximate surface area is 223 Å². The monoisotopic (exact) mass is 502 g/mol. The van der Waals surface area contributed by atoms with Crippen LogP contribution in [-0.4, -0.2) is 17.7 Å². The van der Waals surface area contributed by atoms with Crippen LogP contribution in [0.3, 0.4) is 0 Å². The number of hydrogen-bond acceptors (Lipinski definition) is 3. The van der Waals surface area contributed by atoms with E-state index in [0.29, 0.717) is 17.9 Å². The maximum absolute atomic E-state index is 12.8. The number of carbonyl (C=O) groups excluding carboxylic acids is 1. The van der Waals surface area contributed by atoms with Crippen LogP contribution in [0.2, 0.25) is 0 Å². The smallest absolute Gasteiger partial charge is 0.338 e. The Balaban J connectivity index is 2.20. The molecule has 36 heavy (non-hydrogen) atoms. The fraction of sp³-hybridized carbons (Fsp3) is 0.788. The summed E-state index contributed by atoms with van der Waals surface area (Å²) in [5.74, 6) is 0.0105. The van der Waals surface area contributed by atoms with Gasteiger partial charge in [0.15, 0.2) is 0 Å². The molecule has 1 aromatic rings. The van der Waals surface area contributed by atoms with Crippen molar-refractivity contribution in [1.82, 2.24) is 0 Å². The molecule has 1 N–H and O–H groups in total. The minimum Gasteiger partial charge on any atom is -0.507 e. The van der Waals surface area contributed by atoms with Gasteiger partial charge in [-0.2, -0.15) is 0 Å². The summed E-state index contributed by atoms with van der Waals surface area (Å²) >= 11 is 0. The van der Waals surface area contributed by atoms with E-state index in [1.54, 1.807) is 12.1 Å². The van der Waals surface area contributed by atoms with E-state index in [2.05, 4.69) is 48.5 Å². The average Bonchev–Trinajstić information content (AvgIpc) is 2.79. The van der Waals surface area contributed by atoms with Gasteiger partial charge >= 0.3 is 5.97 Å². The van der Waals surface area contributed by atoms with Crippen molar-refractivity contribution in [2.45, 2.75) is 162 Å². The SMILES string of the molecule is CCCCCCCCCCCCCCCCCCOC(=O)c1cc(C(C)(C)C)c(O)c(C(C)(C)C)c1. The second-order valence-electron chi connectivity index (χ2n) is 12.9. The summed E-state index contributed by atoms with van der Waals surface area (Å²) in [6.07, 6.45) is 21.3. The Morgan fingerprint density at radius 2 is 0.972 bits per heavy atom. The van der Waals surface area contributed by atoms with Crippen LogP contribution in [0.1, 0.15) is 173 Å². The predicted molar refractivity (Wildman–Crippen MR) is 155 cm³/mol. The molecule has 208 valence electrons. The van der Waals surface area contributed by atoms with Crippen LogP contribution in [0.5, 0.6) is 5.75 Å². The van der Waals surface area contributed by atoms with Crippen molar-refractivity contribution in [1.29, 1.82) is 0 Å². The van der Waals surface area contributed by atoms with Crippen LogP contribution in [-0.2, 0) is 15.6 Å². The molecule has 0 bridgehead atoms. The average molecular weight is 503 g/mol. The predicted octanol–water partition coefficient (Wildman–Crippen LogP) is 10.4. The summed E-state index contributed by atoms with van der Waals surface area (Å²) in [4.78, 5) is 12.8. The maximum atomic E-state index is 12.8. The molecule has 0 aliphatic heterocycles. The first kappa shape index (κ1) is 32.5. The van der Waals surface area contributed by atoms with Crippen molar-refractivity contribution >= 4 is 5.97 Å². The normalized spacial score (nSPS) is 12.2. The summed E-state index contributed by atoms with van der Waals surface area (Å²) in [5.41, 5.74) is 1.62. The number of hydrogen-bond donors (Lipinski definition) is 1. The number of phenolic OH excluding ortho intramolecular Hbond substituents is 1. The highest BCUT2D eigenvalue weighted by Crippen LogP contribution is 2.39. The largest absolute Gasteiger partial charge is 0.507 e. The van der Waals surface area contributed by atoms with E-state index in [9.17, 15) is 9.90 Å². The Hall–Kier alpha value is -1.51. The molecule has 0 unspecified atom stereocenters. The quantitative estimate of drug-likeness (QED) is 0.160. The number of esters is 1. The van der Waals surface area contributed by atoms with E-state index < -0.39 is 0 Å². The lowest BCUT2D eigenvalue weighted by Crippen LogP contribution is -2.19. The van der Waals surface area contributed by atoms with Gasteiger partial charge in [-0.3, -0.25) is 0 Å². The molecule has 0 fully saturated rings. The minimum absolute atomic E-state index is 0.256. The Morgan fingerprint density at radius 1 is 0.639 bits per heavy atom. The fourth-order valence-corrected chi connectivity index (χ4v) is 4.79. The second-order valence-corrected chi connectivity index (χ2v) is 12.9. The second kappa shape index (κ2) is 17.1. The number of benzene rings is 1. The number of unbranched alkanes of at least 4 members (excludes halogenated alkanes) is 15. The minimum atomic E-state index is -0.285. The van der Waals surface area contributed by atoms with Crippen molar-refractivity contribution in [2.24, 2.45) is 0 Å². The van der Waals surface area contributed by atoms with E-state index in [-0.39, 0.29) is 16.8 Å². The fourth-order valence-electron chi connectivity index (χ4n) is 4.79. The molecular formula is C33H58O3. The number of aromatic hydroxyl groups is 1. The molecule has 0 aliphatic rings. The standard InChI is InChI=1S/C33H58O3/c1-8-9-10-11-12-13-14-15-16-17-18-19-20-21-22-23-24-36-31(35)27-25-28(32(2,3)4)30(34)29(26-27)33(5,6)7/h25-26,34H,8-24H2,1-7H3. The van der Waals surface area contributed by atoms with Crippen molar-refractivity contribution in [3.8, 4) is 5.75 Å². The zero-order chi connectivity index (χ0) is 27.0. The van der Waals surface area contributed by atoms with Crippen LogP contribution in [0.4, 0.5) is 0 Å². The lowest BCUT2D eigenvalue weighted by Gasteiger charge is -2.28. The summed E-state index contributed by atoms with van der Waals surface area (Å²) in [7, 11) is 0. The molecule has 1 rings (SSSR count). The van der Waals surface area contributed by atoms with Gasteiger partial charge in [0.05, 0.1) is 12.2 Å². The van der Waals surface area contributed by atoms with Crippen molar-refractivity contribution in [3.63, 3.8) is 0 Å². The van der Waals surface area contributed by atoms with E-state index in [1.807, 2.05) is 0 Å². The van der Waals surface area contributed by atoms with Crippen molar-refractivity contribution in [3.05, 3.63) is 28.8 Å². The zero-order valence-corrected chi connectivity index (χ0v) is 24.9. The molecule has 1 aromatic carbocycles. The summed E-state index contributed by atoms with van der Waals surface area (Å²) in [5, 5.41) is 10.8. The number of ether oxygens (including phenoxy) is 1. The van der Waals surface area contributed by atoms with E-state index in [4.69, 9.17) is 4.74 Å². The molecule has 0 saturated carbocycles. The van der Waals surface area contributed by atoms with Gasteiger partial charge < -0.3 is 9.84 Å². The van der Waals surface area contributed by atoms with Gasteiger partial charge in [-0.25, -0.2) is 4.79 Å². The van der Waals surface area contributed by atoms with Crippen molar-refractivity contribution in [2.75, 3.05) is 6.61 Å². The molecule has 0 amide bonds. The van der Waals surface area contributed by atoms with E-state index >= 15 is 0 Å². The molecule has 0 saturated heterocycles. The first-order chi connectivity index (χ1) is 17.0. The van der Waals surface area contributed by atoms with Gasteiger partial charge in [0.2, 0.25) is 0 Å². The van der Waals surface area contributed by atoms with Gasteiger partial charge in [-0.05, 0) is 29.4 Å². The number of carbonyl (C=O) groups is 1. The van der Waals surface area contributed by atoms with Crippen LogP contribution >= 0.6 is 0 Å². The third kappa shape index (κ3) is 13.2. The van der Waals surface area contributed by atoms with Crippen LogP contribution in [0, 0.1) is 0 Å². The van der Waals surface area contributed by atoms with Gasteiger partial charge in [-0.15, -0.1) is 0 Å². The highest BCUT2D eigenvalue weighted by molar-refractivity contribution is 5.90. The van der Waals surface area contributed by atoms with Crippen LogP contribution in [0.15, 0.2) is 12.1 Å². The summed E-state index contributed by atoms with van der Waals surface area (Å²) in [6, 6.07) is 3.61. The highest BCUT2D eigenvalue weighted by atomic mass is 16.5. The Bertz CT molecular complexity index is 701. The van der Waals surface area contributed by atoms with Gasteiger partial charge in [-0.1, -0.05) is 145 Å². The Kier molecular flexibility index (Phi) is 15.4. The van der Waals surface area contributed by atoms with Crippen LogP contribution in [0.25, 0.3) is 0 Å². The zero-order valence-electron chi connectivity index (χ0n) is 24.9. The number of phenols is 1. The summed E-state index contributed by atoms with van der Waals surface area (Å²) in [6.45, 7) is 15.1. The molecule has 0 aliphatic carbocycles. The maximum Gasteiger partial charge on any atom is 0.338 e. The molecule has 0 spiro atoms. The molecular weight excluding hydrogens is 444 g/mol. The molecule has 0 atom stereocenters. The van der Waals surface area contributed by atoms with Gasteiger partial charge in [0.25, 0.3) is 0 Å². The Morgan fingerprint density at radius 3 is 1.31 bits per heavy atom. The lowest BCUT2D eigenvalue weighted by molar-refractivity contribution is 0.0497. The summed E-state index contributed by atoms with van der Waals surface area (Å²) < 4.78 is 5.60.